The molecule has 5 rings (SSSR count). The molecule has 4 aromatic rings. The average Bonchev–Trinajstić information content (AvgIpc) is 3.56. The van der Waals surface area contributed by atoms with Gasteiger partial charge in [0, 0.05) is 35.7 Å². The largest absolute Gasteiger partial charge is 0.444 e. The molecule has 1 saturated heterocycles. The Morgan fingerprint density at radius 1 is 1.13 bits per heavy atom. The third-order valence-electron chi connectivity index (χ3n) is 7.60. The zero-order chi connectivity index (χ0) is 34.3. The van der Waals surface area contributed by atoms with Gasteiger partial charge in [0.1, 0.15) is 27.8 Å². The van der Waals surface area contributed by atoms with Crippen molar-refractivity contribution in [1.82, 2.24) is 24.5 Å². The Bertz CT molecular complexity index is 1760. The molecule has 0 unspecified atom stereocenters. The first-order chi connectivity index (χ1) is 22.0. The van der Waals surface area contributed by atoms with Crippen molar-refractivity contribution in [3.8, 4) is 0 Å². The van der Waals surface area contributed by atoms with E-state index < -0.39 is 29.5 Å². The molecule has 14 heteroatoms. The first-order valence-corrected chi connectivity index (χ1v) is 17.0. The van der Waals surface area contributed by atoms with Gasteiger partial charge in [-0.05, 0) is 72.1 Å². The number of β-amino-alcohol motifs (C(OH)–C–C–N with tert-alkyl or cyclic N) is 1. The van der Waals surface area contributed by atoms with Crippen LogP contribution in [0.4, 0.5) is 21.2 Å². The standard InChI is InChI=1S/C33H44ClN7O5S/c1-19(2)22-16-36-41-28(40(31(44)46-33(6,7)8)18-27-37-23-13-21(34)9-10-25(23)47-27)14-26(38-29(22)41)35-15-20-11-12-39(17-24(20)42)30(43)45-32(3,4)5/h9-10,13-14,16,19-20,24,42H,11-12,15,17-18H2,1-8H3,(H,35,38)/t20-,24+/m1/s1. The number of halogens is 1. The maximum atomic E-state index is 13.9. The number of piperidine rings is 1. The summed E-state index contributed by atoms with van der Waals surface area (Å²) < 4.78 is 14.0. The number of aliphatic hydroxyl groups is 1. The van der Waals surface area contributed by atoms with Gasteiger partial charge in [0.05, 0.1) is 35.6 Å². The maximum absolute atomic E-state index is 13.9. The van der Waals surface area contributed by atoms with E-state index in [0.29, 0.717) is 46.8 Å². The lowest BCUT2D eigenvalue weighted by molar-refractivity contribution is -0.0104. The van der Waals surface area contributed by atoms with Crippen LogP contribution in [0.5, 0.6) is 0 Å². The molecule has 1 aliphatic rings. The first kappa shape index (κ1) is 34.6. The summed E-state index contributed by atoms with van der Waals surface area (Å²) >= 11 is 7.69. The number of anilines is 2. The van der Waals surface area contributed by atoms with Gasteiger partial charge in [0.25, 0.3) is 0 Å². The number of likely N-dealkylation sites (tertiary alicyclic amines) is 1. The number of carbonyl (C=O) groups is 2. The molecule has 1 aromatic carbocycles. The second-order valence-electron chi connectivity index (χ2n) is 14.2. The summed E-state index contributed by atoms with van der Waals surface area (Å²) in [7, 11) is 0. The monoisotopic (exact) mass is 685 g/mol. The Hall–Kier alpha value is -3.68. The van der Waals surface area contributed by atoms with Gasteiger partial charge in [-0.2, -0.15) is 9.61 Å². The smallest absolute Gasteiger partial charge is 0.416 e. The molecule has 12 nitrogen and oxygen atoms in total. The van der Waals surface area contributed by atoms with Crippen molar-refractivity contribution in [2.45, 2.75) is 91.6 Å². The van der Waals surface area contributed by atoms with Gasteiger partial charge < -0.3 is 24.8 Å². The first-order valence-electron chi connectivity index (χ1n) is 15.8. The summed E-state index contributed by atoms with van der Waals surface area (Å²) in [6, 6.07) is 7.30. The van der Waals surface area contributed by atoms with Crippen LogP contribution in [0.2, 0.25) is 5.02 Å². The molecule has 0 aliphatic carbocycles. The van der Waals surface area contributed by atoms with E-state index in [1.807, 2.05) is 53.7 Å². The summed E-state index contributed by atoms with van der Waals surface area (Å²) in [5, 5.41) is 20.3. The number of aromatic nitrogens is 4. The predicted octanol–water partition coefficient (Wildman–Crippen LogP) is 7.09. The van der Waals surface area contributed by atoms with Crippen LogP contribution in [0.15, 0.2) is 30.5 Å². The minimum absolute atomic E-state index is 0.117. The summed E-state index contributed by atoms with van der Waals surface area (Å²) in [5.74, 6) is 0.949. The molecule has 1 aliphatic heterocycles. The minimum Gasteiger partial charge on any atom is -0.444 e. The zero-order valence-electron chi connectivity index (χ0n) is 28.2. The van der Waals surface area contributed by atoms with E-state index in [4.69, 9.17) is 31.0 Å². The van der Waals surface area contributed by atoms with Gasteiger partial charge in [0.15, 0.2) is 5.65 Å². The zero-order valence-corrected chi connectivity index (χ0v) is 29.8. The molecule has 47 heavy (non-hydrogen) atoms. The van der Waals surface area contributed by atoms with E-state index >= 15 is 0 Å². The predicted molar refractivity (Wildman–Crippen MR) is 185 cm³/mol. The van der Waals surface area contributed by atoms with Crippen molar-refractivity contribution in [3.63, 3.8) is 0 Å². The lowest BCUT2D eigenvalue weighted by Gasteiger charge is -2.36. The van der Waals surface area contributed by atoms with E-state index in [2.05, 4.69) is 24.3 Å². The maximum Gasteiger partial charge on any atom is 0.416 e. The van der Waals surface area contributed by atoms with Gasteiger partial charge in [-0.1, -0.05) is 25.4 Å². The molecular formula is C33H44ClN7O5S. The third-order valence-corrected chi connectivity index (χ3v) is 8.85. The van der Waals surface area contributed by atoms with Crippen LogP contribution in [-0.2, 0) is 16.0 Å². The molecule has 0 bridgehead atoms. The number of nitrogens with one attached hydrogen (secondary N) is 1. The lowest BCUT2D eigenvalue weighted by atomic mass is 9.94. The quantitative estimate of drug-likeness (QED) is 0.209. The molecular weight excluding hydrogens is 642 g/mol. The van der Waals surface area contributed by atoms with Crippen LogP contribution in [0.1, 0.15) is 78.3 Å². The van der Waals surface area contributed by atoms with E-state index in [0.717, 1.165) is 15.8 Å². The van der Waals surface area contributed by atoms with Gasteiger partial charge in [-0.3, -0.25) is 4.90 Å². The molecule has 4 heterocycles. The van der Waals surface area contributed by atoms with Crippen molar-refractivity contribution in [3.05, 3.63) is 46.1 Å². The number of benzene rings is 1. The van der Waals surface area contributed by atoms with Gasteiger partial charge in [-0.15, -0.1) is 11.3 Å². The van der Waals surface area contributed by atoms with Crippen LogP contribution in [-0.4, -0.2) is 78.7 Å². The van der Waals surface area contributed by atoms with Crippen LogP contribution < -0.4 is 10.2 Å². The highest BCUT2D eigenvalue weighted by molar-refractivity contribution is 7.18. The minimum atomic E-state index is -0.751. The highest BCUT2D eigenvalue weighted by atomic mass is 35.5. The second-order valence-corrected chi connectivity index (χ2v) is 15.8. The molecule has 0 spiro atoms. The van der Waals surface area contributed by atoms with Crippen LogP contribution in [0.25, 0.3) is 15.9 Å². The third kappa shape index (κ3) is 8.43. The van der Waals surface area contributed by atoms with Crippen molar-refractivity contribution < 1.29 is 24.2 Å². The van der Waals surface area contributed by atoms with Crippen molar-refractivity contribution in [2.75, 3.05) is 29.9 Å². The number of hydrogen-bond acceptors (Lipinski definition) is 10. The molecule has 2 atom stereocenters. The van der Waals surface area contributed by atoms with Crippen molar-refractivity contribution >= 4 is 62.6 Å². The van der Waals surface area contributed by atoms with E-state index in [9.17, 15) is 14.7 Å². The van der Waals surface area contributed by atoms with Gasteiger partial charge in [0.2, 0.25) is 0 Å². The summed E-state index contributed by atoms with van der Waals surface area (Å²) in [6.07, 6.45) is 0.612. The van der Waals surface area contributed by atoms with Gasteiger partial charge >= 0.3 is 12.2 Å². The number of nitrogens with zero attached hydrogens (tertiary/aromatic N) is 6. The van der Waals surface area contributed by atoms with E-state index in [-0.39, 0.29) is 24.9 Å². The normalized spacial score (nSPS) is 17.4. The Kier molecular flexibility index (Phi) is 9.91. The number of rotatable bonds is 7. The van der Waals surface area contributed by atoms with Crippen molar-refractivity contribution in [1.29, 1.82) is 0 Å². The Morgan fingerprint density at radius 3 is 2.51 bits per heavy atom. The van der Waals surface area contributed by atoms with Gasteiger partial charge in [-0.25, -0.2) is 19.6 Å². The molecule has 254 valence electrons. The van der Waals surface area contributed by atoms with Crippen LogP contribution >= 0.6 is 22.9 Å². The summed E-state index contributed by atoms with van der Waals surface area (Å²) in [6.45, 7) is 16.2. The van der Waals surface area contributed by atoms with Crippen LogP contribution in [0.3, 0.4) is 0 Å². The van der Waals surface area contributed by atoms with Crippen LogP contribution in [0, 0.1) is 5.92 Å². The molecule has 2 amide bonds. The number of aliphatic hydroxyl groups excluding tert-OH is 1. The fourth-order valence-corrected chi connectivity index (χ4v) is 6.41. The highest BCUT2D eigenvalue weighted by Gasteiger charge is 2.33. The van der Waals surface area contributed by atoms with Crippen molar-refractivity contribution in [2.24, 2.45) is 5.92 Å². The molecule has 2 N–H and O–H groups in total. The lowest BCUT2D eigenvalue weighted by Crippen LogP contribution is -2.49. The Balaban J connectivity index is 1.45. The molecule has 0 saturated carbocycles. The molecule has 1 fully saturated rings. The number of amides is 2. The topological polar surface area (TPSA) is 134 Å². The summed E-state index contributed by atoms with van der Waals surface area (Å²) in [5.41, 5.74) is 0.908. The number of ether oxygens (including phenoxy) is 2. The summed E-state index contributed by atoms with van der Waals surface area (Å²) in [4.78, 5) is 39.1. The Labute approximate surface area is 284 Å². The van der Waals surface area contributed by atoms with E-state index in [1.165, 1.54) is 16.2 Å². The molecule has 0 radical (unpaired) electrons. The number of fused-ring (bicyclic) bond motifs is 2. The molecule has 3 aromatic heterocycles. The number of thiazole rings is 1. The fraction of sp³-hybridized carbons (Fsp3) is 0.545. The Morgan fingerprint density at radius 2 is 1.85 bits per heavy atom. The fourth-order valence-electron chi connectivity index (χ4n) is 5.31. The number of carbonyl (C=O) groups excluding carboxylic acids is 2. The highest BCUT2D eigenvalue weighted by Crippen LogP contribution is 2.31. The SMILES string of the molecule is CC(C)c1cnn2c(N(Cc3nc4cc(Cl)ccc4s3)C(=O)OC(C)(C)C)cc(NC[C@H]3CCN(C(=O)OC(C)(C)C)C[C@@H]3O)nc12. The number of hydrogen-bond donors (Lipinski definition) is 2. The average molecular weight is 686 g/mol. The second kappa shape index (κ2) is 13.4. The van der Waals surface area contributed by atoms with E-state index in [1.54, 1.807) is 27.7 Å².